The molecule has 5 nitrogen and oxygen atoms in total. The van der Waals surface area contributed by atoms with E-state index in [9.17, 15) is 15.2 Å². The van der Waals surface area contributed by atoms with Gasteiger partial charge in [-0.3, -0.25) is 10.1 Å². The van der Waals surface area contributed by atoms with Crippen LogP contribution in [0.2, 0.25) is 0 Å². The van der Waals surface area contributed by atoms with Crippen LogP contribution in [-0.4, -0.2) is 23.1 Å². The van der Waals surface area contributed by atoms with Gasteiger partial charge in [0.15, 0.2) is 0 Å². The molecule has 1 fully saturated rings. The molecule has 1 aliphatic rings. The van der Waals surface area contributed by atoms with E-state index in [0.717, 1.165) is 31.6 Å². The van der Waals surface area contributed by atoms with Crippen molar-refractivity contribution in [1.29, 1.82) is 0 Å². The van der Waals surface area contributed by atoms with E-state index < -0.39 is 4.92 Å². The number of nitrogens with zero attached hydrogens (tertiary/aromatic N) is 2. The van der Waals surface area contributed by atoms with E-state index >= 15 is 0 Å². The van der Waals surface area contributed by atoms with E-state index in [1.807, 2.05) is 0 Å². The molecular formula is C15H22N2O3. The number of benzene rings is 1. The lowest BCUT2D eigenvalue weighted by Gasteiger charge is -2.40. The van der Waals surface area contributed by atoms with Crippen molar-refractivity contribution in [3.8, 4) is 0 Å². The van der Waals surface area contributed by atoms with Gasteiger partial charge in [0.1, 0.15) is 0 Å². The summed E-state index contributed by atoms with van der Waals surface area (Å²) < 4.78 is 0. The quantitative estimate of drug-likeness (QED) is 0.679. The SMILES string of the molecule is CCC1(C)CCN(c2ccc([N+](=O)[O-])cc2CO)CC1. The Hall–Kier alpha value is -1.62. The molecule has 1 heterocycles. The number of piperidine rings is 1. The molecule has 0 spiro atoms. The van der Waals surface area contributed by atoms with Crippen molar-refractivity contribution < 1.29 is 10.0 Å². The van der Waals surface area contributed by atoms with Gasteiger partial charge in [0, 0.05) is 36.5 Å². The smallest absolute Gasteiger partial charge is 0.269 e. The van der Waals surface area contributed by atoms with Gasteiger partial charge < -0.3 is 10.0 Å². The van der Waals surface area contributed by atoms with Crippen molar-refractivity contribution in [3.63, 3.8) is 0 Å². The van der Waals surface area contributed by atoms with Crippen LogP contribution >= 0.6 is 0 Å². The lowest BCUT2D eigenvalue weighted by Crippen LogP contribution is -2.38. The Labute approximate surface area is 119 Å². The fourth-order valence-electron chi connectivity index (χ4n) is 2.76. The minimum Gasteiger partial charge on any atom is -0.392 e. The predicted molar refractivity (Wildman–Crippen MR) is 78.9 cm³/mol. The molecule has 1 aromatic carbocycles. The van der Waals surface area contributed by atoms with Crippen molar-refractivity contribution in [2.75, 3.05) is 18.0 Å². The molecule has 0 aliphatic carbocycles. The first-order valence-electron chi connectivity index (χ1n) is 7.12. The molecule has 0 atom stereocenters. The lowest BCUT2D eigenvalue weighted by atomic mass is 9.78. The van der Waals surface area contributed by atoms with Crippen LogP contribution in [0, 0.1) is 15.5 Å². The number of rotatable bonds is 4. The maximum absolute atomic E-state index is 10.8. The molecule has 2 rings (SSSR count). The van der Waals surface area contributed by atoms with E-state index in [-0.39, 0.29) is 12.3 Å². The summed E-state index contributed by atoms with van der Waals surface area (Å²) in [6, 6.07) is 4.75. The Morgan fingerprint density at radius 3 is 2.55 bits per heavy atom. The van der Waals surface area contributed by atoms with E-state index in [2.05, 4.69) is 18.7 Å². The van der Waals surface area contributed by atoms with Gasteiger partial charge in [0.25, 0.3) is 5.69 Å². The normalized spacial score (nSPS) is 18.1. The maximum atomic E-state index is 10.8. The molecule has 0 saturated carbocycles. The third-order valence-electron chi connectivity index (χ3n) is 4.61. The molecule has 20 heavy (non-hydrogen) atoms. The predicted octanol–water partition coefficient (Wildman–Crippen LogP) is 3.10. The number of non-ortho nitro benzene ring substituents is 1. The fraction of sp³-hybridized carbons (Fsp3) is 0.600. The van der Waals surface area contributed by atoms with E-state index in [1.54, 1.807) is 6.07 Å². The molecule has 1 aliphatic heterocycles. The van der Waals surface area contributed by atoms with Crippen LogP contribution in [0.25, 0.3) is 0 Å². The Balaban J connectivity index is 2.19. The average molecular weight is 278 g/mol. The monoisotopic (exact) mass is 278 g/mol. The molecule has 0 bridgehead atoms. The van der Waals surface area contributed by atoms with Crippen LogP contribution in [0.15, 0.2) is 18.2 Å². The zero-order valence-corrected chi connectivity index (χ0v) is 12.1. The third-order valence-corrected chi connectivity index (χ3v) is 4.61. The number of hydrogen-bond acceptors (Lipinski definition) is 4. The second kappa shape index (κ2) is 5.79. The summed E-state index contributed by atoms with van der Waals surface area (Å²) in [6.07, 6.45) is 3.41. The first kappa shape index (κ1) is 14.8. The number of nitro groups is 1. The minimum atomic E-state index is -0.423. The van der Waals surface area contributed by atoms with Gasteiger partial charge in [-0.2, -0.15) is 0 Å². The number of aliphatic hydroxyl groups excluding tert-OH is 1. The first-order chi connectivity index (χ1) is 9.49. The maximum Gasteiger partial charge on any atom is 0.269 e. The Morgan fingerprint density at radius 1 is 1.40 bits per heavy atom. The summed E-state index contributed by atoms with van der Waals surface area (Å²) >= 11 is 0. The number of nitro benzene ring substituents is 1. The molecule has 0 radical (unpaired) electrons. The van der Waals surface area contributed by atoms with Gasteiger partial charge in [-0.15, -0.1) is 0 Å². The minimum absolute atomic E-state index is 0.0354. The summed E-state index contributed by atoms with van der Waals surface area (Å²) in [5.41, 5.74) is 2.00. The standard InChI is InChI=1S/C15H22N2O3/c1-3-15(2)6-8-16(9-7-15)14-5-4-13(17(19)20)10-12(14)11-18/h4-5,10,18H,3,6-9,11H2,1-2H3. The molecule has 0 aromatic heterocycles. The van der Waals surface area contributed by atoms with Gasteiger partial charge in [0.2, 0.25) is 0 Å². The Kier molecular flexibility index (Phi) is 4.28. The van der Waals surface area contributed by atoms with E-state index in [0.29, 0.717) is 11.0 Å². The van der Waals surface area contributed by atoms with Crippen LogP contribution in [0.3, 0.4) is 0 Å². The van der Waals surface area contributed by atoms with E-state index in [4.69, 9.17) is 0 Å². The first-order valence-corrected chi connectivity index (χ1v) is 7.12. The van der Waals surface area contributed by atoms with Crippen LogP contribution in [0.4, 0.5) is 11.4 Å². The molecule has 110 valence electrons. The molecule has 0 amide bonds. The molecular weight excluding hydrogens is 256 g/mol. The van der Waals surface area contributed by atoms with Gasteiger partial charge in [-0.1, -0.05) is 20.3 Å². The summed E-state index contributed by atoms with van der Waals surface area (Å²) in [6.45, 7) is 6.25. The summed E-state index contributed by atoms with van der Waals surface area (Å²) in [7, 11) is 0. The summed E-state index contributed by atoms with van der Waals surface area (Å²) in [5, 5.41) is 20.2. The zero-order valence-electron chi connectivity index (χ0n) is 12.1. The third kappa shape index (κ3) is 2.93. The molecule has 5 heteroatoms. The highest BCUT2D eigenvalue weighted by Crippen LogP contribution is 2.37. The second-order valence-corrected chi connectivity index (χ2v) is 5.88. The molecule has 0 unspecified atom stereocenters. The molecule has 1 saturated heterocycles. The highest BCUT2D eigenvalue weighted by molar-refractivity contribution is 5.58. The number of aliphatic hydroxyl groups is 1. The number of hydrogen-bond donors (Lipinski definition) is 1. The Morgan fingerprint density at radius 2 is 2.05 bits per heavy atom. The van der Waals surface area contributed by atoms with Gasteiger partial charge in [0.05, 0.1) is 11.5 Å². The van der Waals surface area contributed by atoms with Crippen molar-refractivity contribution in [2.24, 2.45) is 5.41 Å². The number of anilines is 1. The van der Waals surface area contributed by atoms with Crippen LogP contribution in [0.5, 0.6) is 0 Å². The van der Waals surface area contributed by atoms with Crippen molar-refractivity contribution >= 4 is 11.4 Å². The molecule has 1 N–H and O–H groups in total. The largest absolute Gasteiger partial charge is 0.392 e. The Bertz CT molecular complexity index is 494. The molecule has 1 aromatic rings. The van der Waals surface area contributed by atoms with Gasteiger partial charge in [-0.25, -0.2) is 0 Å². The lowest BCUT2D eigenvalue weighted by molar-refractivity contribution is -0.384. The van der Waals surface area contributed by atoms with Crippen LogP contribution < -0.4 is 4.90 Å². The van der Waals surface area contributed by atoms with E-state index in [1.165, 1.54) is 18.6 Å². The van der Waals surface area contributed by atoms with Crippen LogP contribution in [0.1, 0.15) is 38.7 Å². The topological polar surface area (TPSA) is 66.6 Å². The van der Waals surface area contributed by atoms with Gasteiger partial charge >= 0.3 is 0 Å². The fourth-order valence-corrected chi connectivity index (χ4v) is 2.76. The summed E-state index contributed by atoms with van der Waals surface area (Å²) in [4.78, 5) is 12.6. The highest BCUT2D eigenvalue weighted by atomic mass is 16.6. The van der Waals surface area contributed by atoms with Crippen LogP contribution in [-0.2, 0) is 6.61 Å². The van der Waals surface area contributed by atoms with Crippen molar-refractivity contribution in [1.82, 2.24) is 0 Å². The summed E-state index contributed by atoms with van der Waals surface area (Å²) in [5.74, 6) is 0. The second-order valence-electron chi connectivity index (χ2n) is 5.88. The average Bonchev–Trinajstić information content (AvgIpc) is 2.47. The highest BCUT2D eigenvalue weighted by Gasteiger charge is 2.29. The van der Waals surface area contributed by atoms with Crippen molar-refractivity contribution in [3.05, 3.63) is 33.9 Å². The zero-order chi connectivity index (χ0) is 14.8. The van der Waals surface area contributed by atoms with Crippen molar-refractivity contribution in [2.45, 2.75) is 39.7 Å². The van der Waals surface area contributed by atoms with Gasteiger partial charge in [-0.05, 0) is 24.3 Å².